The Labute approximate surface area is 188 Å². The topological polar surface area (TPSA) is 85.2 Å². The van der Waals surface area contributed by atoms with E-state index in [-0.39, 0.29) is 29.6 Å². The Morgan fingerprint density at radius 3 is 2.23 bits per heavy atom. The lowest BCUT2D eigenvalue weighted by Crippen LogP contribution is -2.44. The van der Waals surface area contributed by atoms with Crippen molar-refractivity contribution in [1.29, 1.82) is 0 Å². The molecule has 1 unspecified atom stereocenters. The van der Waals surface area contributed by atoms with Crippen LogP contribution in [-0.2, 0) is 14.0 Å². The first kappa shape index (κ1) is 27.4. The fraction of sp³-hybridized carbons (Fsp3) is 0.625. The van der Waals surface area contributed by atoms with E-state index in [1.807, 2.05) is 6.92 Å². The van der Waals surface area contributed by atoms with E-state index in [0.717, 1.165) is 0 Å². The lowest BCUT2D eigenvalue weighted by molar-refractivity contribution is -0.140. The van der Waals surface area contributed by atoms with Crippen LogP contribution in [0.3, 0.4) is 0 Å². The Kier molecular flexibility index (Phi) is 10.4. The average Bonchev–Trinajstić information content (AvgIpc) is 2.68. The number of hydrogen-bond acceptors (Lipinski definition) is 5. The molecule has 0 spiro atoms. The Hall–Kier alpha value is -1.67. The molecule has 4 atom stereocenters. The van der Waals surface area contributed by atoms with Crippen molar-refractivity contribution in [3.8, 4) is 5.75 Å². The number of benzene rings is 1. The lowest BCUT2D eigenvalue weighted by Gasteiger charge is -2.39. The normalized spacial score (nSPS) is 16.3. The molecule has 1 aromatic rings. The molecule has 1 aromatic carbocycles. The SMILES string of the molecule is C=C[C@H](OC(O)c1ccc(OC)cc1)[C@@H](C)CC[C@H](CC(=O)O)O[Si](C)(C)C(C)(C)C. The van der Waals surface area contributed by atoms with Gasteiger partial charge in [0.05, 0.1) is 25.7 Å². The quantitative estimate of drug-likeness (QED) is 0.232. The molecule has 1 rings (SSSR count). The van der Waals surface area contributed by atoms with Crippen LogP contribution in [0, 0.1) is 5.92 Å². The maximum absolute atomic E-state index is 11.4. The third-order valence-corrected chi connectivity index (χ3v) is 10.6. The standard InChI is InChI=1S/C24H40O6Si/c1-9-21(29-23(27)18-11-14-19(28-6)15-12-18)17(2)10-13-20(16-22(25)26)30-31(7,8)24(3,4)5/h9,11-12,14-15,17,20-21,23,27H,1,10,13,16H2,2-8H3,(H,25,26)/t17-,20+,21-,23?/m0/s1. The zero-order valence-corrected chi connectivity index (χ0v) is 21.1. The van der Waals surface area contributed by atoms with E-state index in [9.17, 15) is 15.0 Å². The number of carbonyl (C=O) groups is 1. The number of carboxylic acid groups (broad SMARTS) is 1. The fourth-order valence-corrected chi connectivity index (χ4v) is 4.41. The van der Waals surface area contributed by atoms with E-state index < -0.39 is 20.6 Å². The molecule has 0 saturated carbocycles. The number of rotatable bonds is 13. The van der Waals surface area contributed by atoms with Gasteiger partial charge in [0.2, 0.25) is 0 Å². The zero-order chi connectivity index (χ0) is 23.8. The van der Waals surface area contributed by atoms with Crippen LogP contribution in [0.15, 0.2) is 36.9 Å². The molecule has 176 valence electrons. The third-order valence-electron chi connectivity index (χ3n) is 6.09. The number of aliphatic hydroxyl groups is 1. The highest BCUT2D eigenvalue weighted by Gasteiger charge is 2.39. The Bertz CT molecular complexity index is 695. The second-order valence-corrected chi connectivity index (χ2v) is 14.4. The van der Waals surface area contributed by atoms with Crippen LogP contribution in [-0.4, -0.2) is 43.8 Å². The van der Waals surface area contributed by atoms with E-state index in [1.54, 1.807) is 37.5 Å². The number of ether oxygens (including phenoxy) is 2. The van der Waals surface area contributed by atoms with Gasteiger partial charge < -0.3 is 24.1 Å². The molecule has 0 radical (unpaired) electrons. The van der Waals surface area contributed by atoms with Gasteiger partial charge in [-0.1, -0.05) is 45.9 Å². The third kappa shape index (κ3) is 8.77. The fourth-order valence-electron chi connectivity index (χ4n) is 3.02. The number of aliphatic carboxylic acids is 1. The van der Waals surface area contributed by atoms with Crippen molar-refractivity contribution in [2.75, 3.05) is 7.11 Å². The van der Waals surface area contributed by atoms with Crippen LogP contribution >= 0.6 is 0 Å². The summed E-state index contributed by atoms with van der Waals surface area (Å²) >= 11 is 0. The molecular formula is C24H40O6Si. The Morgan fingerprint density at radius 2 is 1.77 bits per heavy atom. The van der Waals surface area contributed by atoms with E-state index in [0.29, 0.717) is 24.2 Å². The molecule has 0 aromatic heterocycles. The van der Waals surface area contributed by atoms with Crippen LogP contribution in [0.4, 0.5) is 0 Å². The van der Waals surface area contributed by atoms with Crippen LogP contribution in [0.25, 0.3) is 0 Å². The maximum atomic E-state index is 11.4. The predicted octanol–water partition coefficient (Wildman–Crippen LogP) is 5.54. The largest absolute Gasteiger partial charge is 0.497 e. The summed E-state index contributed by atoms with van der Waals surface area (Å²) in [4.78, 5) is 11.4. The molecule has 0 aliphatic rings. The van der Waals surface area contributed by atoms with E-state index in [1.165, 1.54) is 0 Å². The van der Waals surface area contributed by atoms with Gasteiger partial charge in [-0.05, 0) is 49.0 Å². The van der Waals surface area contributed by atoms with Gasteiger partial charge >= 0.3 is 5.97 Å². The average molecular weight is 453 g/mol. The van der Waals surface area contributed by atoms with Gasteiger partial charge in [0.25, 0.3) is 0 Å². The van der Waals surface area contributed by atoms with Crippen LogP contribution < -0.4 is 4.74 Å². The van der Waals surface area contributed by atoms with Crippen molar-refractivity contribution in [2.45, 2.75) is 83.6 Å². The van der Waals surface area contributed by atoms with E-state index >= 15 is 0 Å². The highest BCUT2D eigenvalue weighted by Crippen LogP contribution is 2.38. The minimum absolute atomic E-state index is 0.00457. The molecule has 0 heterocycles. The van der Waals surface area contributed by atoms with E-state index in [2.05, 4.69) is 40.4 Å². The second kappa shape index (κ2) is 11.8. The monoisotopic (exact) mass is 452 g/mol. The molecule has 0 bridgehead atoms. The number of aliphatic hydroxyl groups excluding tert-OH is 1. The molecule has 0 fully saturated rings. The van der Waals surface area contributed by atoms with Crippen molar-refractivity contribution in [3.05, 3.63) is 42.5 Å². The summed E-state index contributed by atoms with van der Waals surface area (Å²) in [5, 5.41) is 19.8. The summed E-state index contributed by atoms with van der Waals surface area (Å²) < 4.78 is 17.4. The minimum Gasteiger partial charge on any atom is -0.497 e. The summed E-state index contributed by atoms with van der Waals surface area (Å²) in [5.74, 6) is -0.122. The molecule has 7 heteroatoms. The van der Waals surface area contributed by atoms with Crippen molar-refractivity contribution < 1.29 is 28.9 Å². The van der Waals surface area contributed by atoms with Crippen LogP contribution in [0.2, 0.25) is 18.1 Å². The molecule has 0 amide bonds. The smallest absolute Gasteiger partial charge is 0.305 e. The zero-order valence-electron chi connectivity index (χ0n) is 20.1. The second-order valence-electron chi connectivity index (χ2n) is 9.61. The van der Waals surface area contributed by atoms with Gasteiger partial charge in [-0.15, -0.1) is 6.58 Å². The summed E-state index contributed by atoms with van der Waals surface area (Å²) in [5.41, 5.74) is 0.630. The summed E-state index contributed by atoms with van der Waals surface area (Å²) in [6, 6.07) is 7.04. The molecular weight excluding hydrogens is 412 g/mol. The number of hydrogen-bond donors (Lipinski definition) is 2. The maximum Gasteiger partial charge on any atom is 0.305 e. The van der Waals surface area contributed by atoms with Gasteiger partial charge in [-0.2, -0.15) is 0 Å². The van der Waals surface area contributed by atoms with Gasteiger partial charge in [-0.25, -0.2) is 0 Å². The summed E-state index contributed by atoms with van der Waals surface area (Å²) in [7, 11) is -0.498. The lowest BCUT2D eigenvalue weighted by atomic mass is 9.96. The van der Waals surface area contributed by atoms with Crippen molar-refractivity contribution >= 4 is 14.3 Å². The van der Waals surface area contributed by atoms with Crippen molar-refractivity contribution in [3.63, 3.8) is 0 Å². The van der Waals surface area contributed by atoms with Crippen molar-refractivity contribution in [2.24, 2.45) is 5.92 Å². The first-order chi connectivity index (χ1) is 14.3. The molecule has 0 aliphatic heterocycles. The van der Waals surface area contributed by atoms with Crippen LogP contribution in [0.5, 0.6) is 5.75 Å². The first-order valence-corrected chi connectivity index (χ1v) is 13.7. The number of methoxy groups -OCH3 is 1. The molecule has 0 saturated heterocycles. The predicted molar refractivity (Wildman–Crippen MR) is 126 cm³/mol. The Balaban J connectivity index is 2.75. The highest BCUT2D eigenvalue weighted by molar-refractivity contribution is 6.74. The summed E-state index contributed by atoms with van der Waals surface area (Å²) in [6.45, 7) is 16.5. The summed E-state index contributed by atoms with van der Waals surface area (Å²) in [6.07, 6.45) is 1.14. The number of carboxylic acids is 1. The molecule has 0 aliphatic carbocycles. The minimum atomic E-state index is -2.09. The van der Waals surface area contributed by atoms with Gasteiger partial charge in [0, 0.05) is 5.56 Å². The van der Waals surface area contributed by atoms with Crippen molar-refractivity contribution in [1.82, 2.24) is 0 Å². The highest BCUT2D eigenvalue weighted by atomic mass is 28.4. The van der Waals surface area contributed by atoms with Gasteiger partial charge in [0.15, 0.2) is 14.6 Å². The van der Waals surface area contributed by atoms with Gasteiger partial charge in [-0.3, -0.25) is 4.79 Å². The molecule has 6 nitrogen and oxygen atoms in total. The molecule has 2 N–H and O–H groups in total. The van der Waals surface area contributed by atoms with Crippen LogP contribution in [0.1, 0.15) is 58.8 Å². The Morgan fingerprint density at radius 1 is 1.19 bits per heavy atom. The molecule has 31 heavy (non-hydrogen) atoms. The first-order valence-electron chi connectivity index (χ1n) is 10.8. The van der Waals surface area contributed by atoms with E-state index in [4.69, 9.17) is 13.9 Å². The van der Waals surface area contributed by atoms with Gasteiger partial charge in [0.1, 0.15) is 5.75 Å².